The molecule has 1 atom stereocenters. The lowest BCUT2D eigenvalue weighted by Crippen LogP contribution is -2.35. The molecule has 7 nitrogen and oxygen atoms in total. The number of aromatic nitrogens is 4. The monoisotopic (exact) mass is 457 g/mol. The minimum Gasteiger partial charge on any atom is -0.370 e. The lowest BCUT2D eigenvalue weighted by Gasteiger charge is -2.31. The number of fused-ring (bicyclic) bond motifs is 1. The van der Waals surface area contributed by atoms with Gasteiger partial charge in [-0.1, -0.05) is 17.7 Å². The molecular weight excluding hydrogens is 442 g/mol. The van der Waals surface area contributed by atoms with E-state index in [0.717, 1.165) is 12.1 Å². The van der Waals surface area contributed by atoms with Gasteiger partial charge < -0.3 is 14.2 Å². The maximum absolute atomic E-state index is 13.7. The number of alkyl halides is 3. The van der Waals surface area contributed by atoms with Crippen LogP contribution in [-0.2, 0) is 24.0 Å². The van der Waals surface area contributed by atoms with Gasteiger partial charge in [0.25, 0.3) is 5.56 Å². The standard InChI is InChI=1S/C19H16ClF4N5O2/c1-31-17(10-2-3-12(21)11(6-10)19(22,23)24)14-7-25-15-9-28(4-5-29(14)15)13-8-26-27-18(30)16(13)20/h2-3,6-8,17H,4-5,9H2,1H3,(H,27,30). The minimum atomic E-state index is -4.82. The smallest absolute Gasteiger partial charge is 0.370 e. The Morgan fingerprint density at radius 2 is 2.03 bits per heavy atom. The Bertz CT molecular complexity index is 1180. The van der Waals surface area contributed by atoms with Crippen molar-refractivity contribution in [1.82, 2.24) is 19.7 Å². The molecule has 0 fully saturated rings. The lowest BCUT2D eigenvalue weighted by atomic mass is 10.0. The molecule has 1 aliphatic heterocycles. The van der Waals surface area contributed by atoms with Crippen molar-refractivity contribution in [1.29, 1.82) is 0 Å². The highest BCUT2D eigenvalue weighted by molar-refractivity contribution is 6.32. The largest absolute Gasteiger partial charge is 0.419 e. The minimum absolute atomic E-state index is 0.0102. The zero-order chi connectivity index (χ0) is 22.3. The molecule has 0 saturated heterocycles. The maximum Gasteiger partial charge on any atom is 0.419 e. The highest BCUT2D eigenvalue weighted by Gasteiger charge is 2.35. The third-order valence-corrected chi connectivity index (χ3v) is 5.48. The molecule has 0 radical (unpaired) electrons. The third-order valence-electron chi connectivity index (χ3n) is 5.12. The van der Waals surface area contributed by atoms with Gasteiger partial charge in [-0.05, 0) is 17.7 Å². The Kier molecular flexibility index (Phi) is 5.48. The fraction of sp³-hybridized carbons (Fsp3) is 0.316. The summed E-state index contributed by atoms with van der Waals surface area (Å²) in [7, 11) is 1.36. The fourth-order valence-electron chi connectivity index (χ4n) is 3.64. The van der Waals surface area contributed by atoms with Gasteiger partial charge in [-0.2, -0.15) is 18.3 Å². The number of rotatable bonds is 4. The van der Waals surface area contributed by atoms with Gasteiger partial charge in [-0.25, -0.2) is 14.5 Å². The molecule has 1 unspecified atom stereocenters. The summed E-state index contributed by atoms with van der Waals surface area (Å²) >= 11 is 6.08. The van der Waals surface area contributed by atoms with Crippen molar-refractivity contribution in [3.05, 3.63) is 74.4 Å². The molecule has 1 aromatic carbocycles. The van der Waals surface area contributed by atoms with Gasteiger partial charge in [0.2, 0.25) is 0 Å². The summed E-state index contributed by atoms with van der Waals surface area (Å²) in [5.74, 6) is -0.738. The maximum atomic E-state index is 13.7. The molecular formula is C19H16ClF4N5O2. The van der Waals surface area contributed by atoms with E-state index in [9.17, 15) is 22.4 Å². The first-order valence-electron chi connectivity index (χ1n) is 9.12. The summed E-state index contributed by atoms with van der Waals surface area (Å²) < 4.78 is 60.4. The predicted octanol–water partition coefficient (Wildman–Crippen LogP) is 3.53. The highest BCUT2D eigenvalue weighted by Crippen LogP contribution is 2.36. The molecule has 1 N–H and O–H groups in total. The van der Waals surface area contributed by atoms with Crippen LogP contribution >= 0.6 is 11.6 Å². The van der Waals surface area contributed by atoms with E-state index < -0.39 is 29.2 Å². The average Bonchev–Trinajstić information content (AvgIpc) is 3.14. The number of hydrogen-bond acceptors (Lipinski definition) is 5. The van der Waals surface area contributed by atoms with E-state index in [0.29, 0.717) is 36.8 Å². The van der Waals surface area contributed by atoms with Crippen LogP contribution in [0.15, 0.2) is 35.4 Å². The number of benzene rings is 1. The van der Waals surface area contributed by atoms with Crippen LogP contribution in [-0.4, -0.2) is 33.4 Å². The van der Waals surface area contributed by atoms with Crippen LogP contribution in [0.25, 0.3) is 0 Å². The third kappa shape index (κ3) is 3.90. The summed E-state index contributed by atoms with van der Waals surface area (Å²) in [6, 6.07) is 2.79. The molecule has 3 heterocycles. The van der Waals surface area contributed by atoms with Gasteiger partial charge >= 0.3 is 6.18 Å². The zero-order valence-electron chi connectivity index (χ0n) is 16.1. The Morgan fingerprint density at radius 3 is 2.74 bits per heavy atom. The van der Waals surface area contributed by atoms with E-state index in [4.69, 9.17) is 16.3 Å². The zero-order valence-corrected chi connectivity index (χ0v) is 16.8. The van der Waals surface area contributed by atoms with Crippen molar-refractivity contribution in [2.24, 2.45) is 0 Å². The number of ether oxygens (including phenoxy) is 1. The Balaban J connectivity index is 1.67. The molecule has 0 bridgehead atoms. The van der Waals surface area contributed by atoms with Crippen LogP contribution in [0.4, 0.5) is 23.2 Å². The number of aromatic amines is 1. The summed E-state index contributed by atoms with van der Waals surface area (Å²) in [5, 5.41) is 6.03. The topological polar surface area (TPSA) is 76.0 Å². The van der Waals surface area contributed by atoms with E-state index in [1.807, 2.05) is 9.47 Å². The second-order valence-corrected chi connectivity index (χ2v) is 7.30. The van der Waals surface area contributed by atoms with E-state index in [2.05, 4.69) is 15.2 Å². The van der Waals surface area contributed by atoms with Gasteiger partial charge in [-0.15, -0.1) is 0 Å². The normalized spacial score (nSPS) is 15.1. The Morgan fingerprint density at radius 1 is 1.26 bits per heavy atom. The molecule has 0 aliphatic carbocycles. The first-order chi connectivity index (χ1) is 14.7. The Labute approximate surface area is 178 Å². The van der Waals surface area contributed by atoms with Gasteiger partial charge in [0.05, 0.1) is 35.9 Å². The lowest BCUT2D eigenvalue weighted by molar-refractivity contribution is -0.140. The van der Waals surface area contributed by atoms with Crippen molar-refractivity contribution in [2.45, 2.75) is 25.4 Å². The molecule has 0 spiro atoms. The van der Waals surface area contributed by atoms with Crippen LogP contribution in [0.5, 0.6) is 0 Å². The average molecular weight is 458 g/mol. The number of methoxy groups -OCH3 is 1. The number of nitrogens with one attached hydrogen (secondary N) is 1. The van der Waals surface area contributed by atoms with Crippen LogP contribution in [0, 0.1) is 5.82 Å². The number of halogens is 5. The van der Waals surface area contributed by atoms with E-state index in [-0.39, 0.29) is 10.6 Å². The van der Waals surface area contributed by atoms with Crippen LogP contribution in [0.3, 0.4) is 0 Å². The molecule has 4 rings (SSSR count). The molecule has 0 amide bonds. The first kappa shape index (κ1) is 21.3. The molecule has 3 aromatic rings. The van der Waals surface area contributed by atoms with E-state index in [1.54, 1.807) is 0 Å². The Hall–Kier alpha value is -2.92. The number of nitrogens with zero attached hydrogens (tertiary/aromatic N) is 4. The summed E-state index contributed by atoms with van der Waals surface area (Å²) in [5.41, 5.74) is -0.717. The van der Waals surface area contributed by atoms with Crippen LogP contribution < -0.4 is 10.5 Å². The van der Waals surface area contributed by atoms with E-state index in [1.165, 1.54) is 25.6 Å². The molecule has 0 saturated carbocycles. The predicted molar refractivity (Wildman–Crippen MR) is 103 cm³/mol. The number of hydrogen-bond donors (Lipinski definition) is 1. The number of anilines is 1. The number of H-pyrrole nitrogens is 1. The van der Waals surface area contributed by atoms with Crippen molar-refractivity contribution in [2.75, 3.05) is 18.6 Å². The molecule has 1 aliphatic rings. The van der Waals surface area contributed by atoms with Gasteiger partial charge in [-0.3, -0.25) is 4.79 Å². The van der Waals surface area contributed by atoms with Crippen molar-refractivity contribution < 1.29 is 22.3 Å². The van der Waals surface area contributed by atoms with Crippen molar-refractivity contribution in [3.8, 4) is 0 Å². The van der Waals surface area contributed by atoms with E-state index >= 15 is 0 Å². The fourth-order valence-corrected chi connectivity index (χ4v) is 3.85. The molecule has 164 valence electrons. The van der Waals surface area contributed by atoms with Gasteiger partial charge in [0.15, 0.2) is 0 Å². The quantitative estimate of drug-likeness (QED) is 0.607. The van der Waals surface area contributed by atoms with Crippen molar-refractivity contribution in [3.63, 3.8) is 0 Å². The summed E-state index contributed by atoms with van der Waals surface area (Å²) in [6.07, 6.45) is -2.74. The second kappa shape index (κ2) is 7.97. The SMILES string of the molecule is COC(c1ccc(F)c(C(F)(F)F)c1)c1cnc2n1CCN(c1cn[nH]c(=O)c1Cl)C2. The van der Waals surface area contributed by atoms with Crippen LogP contribution in [0.1, 0.15) is 28.7 Å². The highest BCUT2D eigenvalue weighted by atomic mass is 35.5. The van der Waals surface area contributed by atoms with Gasteiger partial charge in [0, 0.05) is 20.2 Å². The second-order valence-electron chi connectivity index (χ2n) is 6.92. The first-order valence-corrected chi connectivity index (χ1v) is 9.50. The van der Waals surface area contributed by atoms with Crippen molar-refractivity contribution >= 4 is 17.3 Å². The molecule has 12 heteroatoms. The number of imidazole rings is 1. The summed E-state index contributed by atoms with van der Waals surface area (Å²) in [4.78, 5) is 17.9. The molecule has 2 aromatic heterocycles. The summed E-state index contributed by atoms with van der Waals surface area (Å²) in [6.45, 7) is 1.17. The molecule has 31 heavy (non-hydrogen) atoms. The van der Waals surface area contributed by atoms with Gasteiger partial charge in [0.1, 0.15) is 22.8 Å². The van der Waals surface area contributed by atoms with Crippen LogP contribution in [0.2, 0.25) is 5.02 Å².